The van der Waals surface area contributed by atoms with Crippen LogP contribution in [0.4, 0.5) is 5.69 Å². The van der Waals surface area contributed by atoms with Crippen LogP contribution in [0.2, 0.25) is 4.34 Å². The molecule has 16 heavy (non-hydrogen) atoms. The molecule has 1 aromatic heterocycles. The van der Waals surface area contributed by atoms with Gasteiger partial charge < -0.3 is 5.73 Å². The summed E-state index contributed by atoms with van der Waals surface area (Å²) in [4.78, 5) is 12.1. The number of aryl methyl sites for hydroxylation is 2. The maximum atomic E-state index is 12.1. The van der Waals surface area contributed by atoms with E-state index in [-0.39, 0.29) is 11.1 Å². The molecule has 82 valence electrons. The van der Waals surface area contributed by atoms with Crippen molar-refractivity contribution in [3.05, 3.63) is 37.8 Å². The zero-order valence-corrected chi connectivity index (χ0v) is 10.1. The molecule has 4 heteroatoms. The molecule has 1 heterocycles. The Labute approximate surface area is 102 Å². The van der Waals surface area contributed by atoms with Crippen LogP contribution < -0.4 is 11.2 Å². The molecule has 1 aromatic carbocycles. The van der Waals surface area contributed by atoms with Gasteiger partial charge in [-0.2, -0.15) is 0 Å². The lowest BCUT2D eigenvalue weighted by Crippen LogP contribution is -2.09. The zero-order valence-electron chi connectivity index (χ0n) is 8.55. The van der Waals surface area contributed by atoms with Gasteiger partial charge in [0.2, 0.25) is 5.43 Å². The van der Waals surface area contributed by atoms with Gasteiger partial charge in [-0.25, -0.2) is 0 Å². The molecule has 0 spiro atoms. The van der Waals surface area contributed by atoms with Crippen molar-refractivity contribution in [2.45, 2.75) is 19.3 Å². The first kappa shape index (κ1) is 10.1. The van der Waals surface area contributed by atoms with E-state index in [9.17, 15) is 4.79 Å². The van der Waals surface area contributed by atoms with Crippen LogP contribution in [0.5, 0.6) is 0 Å². The predicted octanol–water partition coefficient (Wildman–Crippen LogP) is 2.99. The van der Waals surface area contributed by atoms with Crippen molar-refractivity contribution >= 4 is 38.7 Å². The number of benzene rings is 1. The third-order valence-corrected chi connectivity index (χ3v) is 4.52. The minimum absolute atomic E-state index is 0.0995. The predicted molar refractivity (Wildman–Crippen MR) is 69.5 cm³/mol. The molecule has 0 unspecified atom stereocenters. The Kier molecular flexibility index (Phi) is 2.19. The first-order chi connectivity index (χ1) is 7.68. The number of anilines is 1. The highest BCUT2D eigenvalue weighted by atomic mass is 35.5. The van der Waals surface area contributed by atoms with Crippen LogP contribution in [0.25, 0.3) is 10.1 Å². The van der Waals surface area contributed by atoms with Gasteiger partial charge in [-0.3, -0.25) is 4.79 Å². The van der Waals surface area contributed by atoms with Crippen molar-refractivity contribution in [1.82, 2.24) is 0 Å². The standard InChI is InChI=1S/C12H10ClNOS/c13-12-10(14)11(15)9-7-3-1-2-6(7)4-5-8(9)16-12/h4-5H,1-3,14H2. The number of hydrogen-bond donors (Lipinski definition) is 1. The fourth-order valence-corrected chi connectivity index (χ4v) is 3.54. The third-order valence-electron chi connectivity index (χ3n) is 3.13. The van der Waals surface area contributed by atoms with Crippen molar-refractivity contribution < 1.29 is 0 Å². The number of rotatable bonds is 0. The SMILES string of the molecule is Nc1c(Cl)sc2ccc3c(c2c1=O)CCC3. The molecule has 2 N–H and O–H groups in total. The summed E-state index contributed by atoms with van der Waals surface area (Å²) in [5, 5.41) is 0.793. The molecule has 0 bridgehead atoms. The van der Waals surface area contributed by atoms with E-state index in [4.69, 9.17) is 17.3 Å². The minimum atomic E-state index is -0.0995. The number of hydrogen-bond acceptors (Lipinski definition) is 3. The van der Waals surface area contributed by atoms with Gasteiger partial charge >= 0.3 is 0 Å². The van der Waals surface area contributed by atoms with Crippen LogP contribution >= 0.6 is 22.9 Å². The summed E-state index contributed by atoms with van der Waals surface area (Å²) < 4.78 is 1.35. The first-order valence-corrected chi connectivity index (χ1v) is 6.40. The number of fused-ring (bicyclic) bond motifs is 3. The Balaban J connectivity index is 2.53. The normalized spacial score (nSPS) is 14.3. The third kappa shape index (κ3) is 1.28. The summed E-state index contributed by atoms with van der Waals surface area (Å²) in [5.41, 5.74) is 8.28. The molecule has 0 saturated heterocycles. The van der Waals surface area contributed by atoms with Gasteiger partial charge in [0.1, 0.15) is 10.0 Å². The summed E-state index contributed by atoms with van der Waals surface area (Å²) in [6, 6.07) is 4.09. The van der Waals surface area contributed by atoms with Crippen molar-refractivity contribution in [3.63, 3.8) is 0 Å². The molecular weight excluding hydrogens is 242 g/mol. The molecule has 2 aromatic rings. The molecule has 2 nitrogen and oxygen atoms in total. The molecule has 0 atom stereocenters. The monoisotopic (exact) mass is 251 g/mol. The van der Waals surface area contributed by atoms with Crippen LogP contribution in [0, 0.1) is 0 Å². The van der Waals surface area contributed by atoms with E-state index in [0.717, 1.165) is 29.3 Å². The highest BCUT2D eigenvalue weighted by Crippen LogP contribution is 2.34. The quantitative estimate of drug-likeness (QED) is 0.782. The van der Waals surface area contributed by atoms with E-state index in [0.29, 0.717) is 4.34 Å². The fraction of sp³-hybridized carbons (Fsp3) is 0.250. The maximum Gasteiger partial charge on any atom is 0.212 e. The van der Waals surface area contributed by atoms with E-state index < -0.39 is 0 Å². The molecule has 1 aliphatic rings. The average molecular weight is 252 g/mol. The van der Waals surface area contributed by atoms with Crippen LogP contribution in [0.1, 0.15) is 17.5 Å². The van der Waals surface area contributed by atoms with Gasteiger partial charge in [0, 0.05) is 10.1 Å². The molecule has 0 fully saturated rings. The summed E-state index contributed by atoms with van der Waals surface area (Å²) in [7, 11) is 0. The second-order valence-corrected chi connectivity index (χ2v) is 5.70. The van der Waals surface area contributed by atoms with Gasteiger partial charge in [0.05, 0.1) is 0 Å². The van der Waals surface area contributed by atoms with Gasteiger partial charge in [0.15, 0.2) is 0 Å². The fourth-order valence-electron chi connectivity index (χ4n) is 2.35. The van der Waals surface area contributed by atoms with Crippen LogP contribution in [0.3, 0.4) is 0 Å². The minimum Gasteiger partial charge on any atom is -0.394 e. The highest BCUT2D eigenvalue weighted by molar-refractivity contribution is 7.22. The Bertz CT molecular complexity index is 647. The molecule has 0 aliphatic heterocycles. The van der Waals surface area contributed by atoms with Crippen LogP contribution in [-0.4, -0.2) is 0 Å². The Morgan fingerprint density at radius 1 is 1.31 bits per heavy atom. The molecular formula is C12H10ClNOS. The van der Waals surface area contributed by atoms with Crippen LogP contribution in [0.15, 0.2) is 16.9 Å². The van der Waals surface area contributed by atoms with E-state index in [1.807, 2.05) is 6.07 Å². The summed E-state index contributed by atoms with van der Waals surface area (Å²) in [6.07, 6.45) is 3.18. The Morgan fingerprint density at radius 3 is 2.94 bits per heavy atom. The van der Waals surface area contributed by atoms with E-state index in [2.05, 4.69) is 6.07 Å². The molecule has 0 saturated carbocycles. The van der Waals surface area contributed by atoms with Crippen LogP contribution in [-0.2, 0) is 12.8 Å². The molecule has 0 radical (unpaired) electrons. The number of nitrogens with two attached hydrogens (primary N) is 1. The lowest BCUT2D eigenvalue weighted by molar-refractivity contribution is 0.913. The molecule has 3 rings (SSSR count). The van der Waals surface area contributed by atoms with Gasteiger partial charge in [-0.1, -0.05) is 17.7 Å². The van der Waals surface area contributed by atoms with Gasteiger partial charge in [-0.05, 0) is 36.5 Å². The second kappa shape index (κ2) is 3.47. The lowest BCUT2D eigenvalue weighted by atomic mass is 10.1. The highest BCUT2D eigenvalue weighted by Gasteiger charge is 2.18. The van der Waals surface area contributed by atoms with Crippen molar-refractivity contribution in [3.8, 4) is 0 Å². The average Bonchev–Trinajstić information content (AvgIpc) is 2.73. The second-order valence-electron chi connectivity index (χ2n) is 4.05. The van der Waals surface area contributed by atoms with Gasteiger partial charge in [-0.15, -0.1) is 11.3 Å². The summed E-state index contributed by atoms with van der Waals surface area (Å²) >= 11 is 7.33. The topological polar surface area (TPSA) is 43.1 Å². The number of nitrogen functional groups attached to an aromatic ring is 1. The van der Waals surface area contributed by atoms with Crippen molar-refractivity contribution in [2.24, 2.45) is 0 Å². The summed E-state index contributed by atoms with van der Waals surface area (Å²) in [6.45, 7) is 0. The lowest BCUT2D eigenvalue weighted by Gasteiger charge is -2.05. The molecule has 1 aliphatic carbocycles. The molecule has 0 amide bonds. The van der Waals surface area contributed by atoms with Crippen molar-refractivity contribution in [1.29, 1.82) is 0 Å². The largest absolute Gasteiger partial charge is 0.394 e. The Hall–Kier alpha value is -1.06. The van der Waals surface area contributed by atoms with Gasteiger partial charge in [0.25, 0.3) is 0 Å². The Morgan fingerprint density at radius 2 is 2.12 bits per heavy atom. The maximum absolute atomic E-state index is 12.1. The van der Waals surface area contributed by atoms with Crippen molar-refractivity contribution in [2.75, 3.05) is 5.73 Å². The summed E-state index contributed by atoms with van der Waals surface area (Å²) in [5.74, 6) is 0. The first-order valence-electron chi connectivity index (χ1n) is 5.21. The smallest absolute Gasteiger partial charge is 0.212 e. The van der Waals surface area contributed by atoms with E-state index in [1.165, 1.54) is 22.5 Å². The van der Waals surface area contributed by atoms with E-state index in [1.54, 1.807) is 0 Å². The van der Waals surface area contributed by atoms with E-state index >= 15 is 0 Å². The number of halogens is 1. The zero-order chi connectivity index (χ0) is 11.3.